The minimum atomic E-state index is -0.417. The third-order valence-electron chi connectivity index (χ3n) is 3.20. The van der Waals surface area contributed by atoms with Crippen molar-refractivity contribution in [1.82, 2.24) is 5.32 Å². The van der Waals surface area contributed by atoms with Gasteiger partial charge in [-0.1, -0.05) is 0 Å². The summed E-state index contributed by atoms with van der Waals surface area (Å²) < 4.78 is 10.4. The van der Waals surface area contributed by atoms with E-state index in [0.29, 0.717) is 11.7 Å². The van der Waals surface area contributed by atoms with Gasteiger partial charge >= 0.3 is 5.69 Å². The summed E-state index contributed by atoms with van der Waals surface area (Å²) in [5.74, 6) is 1.06. The molecule has 1 aromatic rings. The fourth-order valence-corrected chi connectivity index (χ4v) is 2.32. The maximum absolute atomic E-state index is 11.0. The molecule has 90 valence electrons. The van der Waals surface area contributed by atoms with Crippen molar-refractivity contribution in [3.05, 3.63) is 27.8 Å². The number of rotatable bonds is 2. The zero-order valence-corrected chi connectivity index (χ0v) is 9.14. The van der Waals surface area contributed by atoms with Crippen molar-refractivity contribution in [3.8, 4) is 11.5 Å². The molecule has 2 heterocycles. The van der Waals surface area contributed by atoms with Crippen LogP contribution in [0.15, 0.2) is 12.1 Å². The van der Waals surface area contributed by atoms with Crippen molar-refractivity contribution in [2.45, 2.75) is 12.3 Å². The Morgan fingerprint density at radius 2 is 2.29 bits per heavy atom. The summed E-state index contributed by atoms with van der Waals surface area (Å²) in [6.07, 6.45) is 0.997. The lowest BCUT2D eigenvalue weighted by atomic mass is 9.97. The highest BCUT2D eigenvalue weighted by Gasteiger charge is 2.29. The predicted octanol–water partition coefficient (Wildman–Crippen LogP) is 1.40. The lowest BCUT2D eigenvalue weighted by Crippen LogP contribution is -2.08. The number of benzene rings is 1. The Morgan fingerprint density at radius 3 is 3.00 bits per heavy atom. The monoisotopic (exact) mass is 236 g/mol. The summed E-state index contributed by atoms with van der Waals surface area (Å²) in [5.41, 5.74) is 0.952. The molecule has 0 aromatic heterocycles. The summed E-state index contributed by atoms with van der Waals surface area (Å²) in [4.78, 5) is 10.6. The number of hydrogen-bond donors (Lipinski definition) is 1. The van der Waals surface area contributed by atoms with E-state index in [1.54, 1.807) is 6.07 Å². The van der Waals surface area contributed by atoms with Gasteiger partial charge in [-0.25, -0.2) is 0 Å². The van der Waals surface area contributed by atoms with Crippen LogP contribution in [0.5, 0.6) is 11.5 Å². The van der Waals surface area contributed by atoms with E-state index in [9.17, 15) is 10.1 Å². The number of nitrogens with zero attached hydrogens (tertiary/aromatic N) is 1. The van der Waals surface area contributed by atoms with Crippen molar-refractivity contribution < 1.29 is 14.4 Å². The molecule has 3 rings (SSSR count). The molecule has 0 aliphatic carbocycles. The fourth-order valence-electron chi connectivity index (χ4n) is 2.32. The molecule has 6 heteroatoms. The van der Waals surface area contributed by atoms with Gasteiger partial charge in [-0.3, -0.25) is 10.1 Å². The van der Waals surface area contributed by atoms with E-state index >= 15 is 0 Å². The maximum Gasteiger partial charge on any atom is 0.315 e. The van der Waals surface area contributed by atoms with Crippen LogP contribution in [0.4, 0.5) is 5.69 Å². The van der Waals surface area contributed by atoms with Crippen LogP contribution in [0.1, 0.15) is 17.9 Å². The quantitative estimate of drug-likeness (QED) is 0.620. The van der Waals surface area contributed by atoms with Crippen LogP contribution in [0.2, 0.25) is 0 Å². The van der Waals surface area contributed by atoms with Crippen molar-refractivity contribution in [3.63, 3.8) is 0 Å². The molecule has 1 saturated heterocycles. The van der Waals surface area contributed by atoms with Crippen LogP contribution < -0.4 is 14.8 Å². The van der Waals surface area contributed by atoms with Gasteiger partial charge in [-0.15, -0.1) is 0 Å². The highest BCUT2D eigenvalue weighted by Crippen LogP contribution is 2.43. The van der Waals surface area contributed by atoms with Gasteiger partial charge in [0.2, 0.25) is 12.5 Å². The van der Waals surface area contributed by atoms with E-state index in [-0.39, 0.29) is 18.2 Å². The van der Waals surface area contributed by atoms with Crippen LogP contribution in [0.25, 0.3) is 0 Å². The molecule has 1 aromatic carbocycles. The van der Waals surface area contributed by atoms with Gasteiger partial charge in [0.05, 0.1) is 4.92 Å². The molecule has 0 spiro atoms. The number of ether oxygens (including phenoxy) is 2. The number of nitro benzene ring substituents is 1. The Labute approximate surface area is 97.7 Å². The summed E-state index contributed by atoms with van der Waals surface area (Å²) in [5, 5.41) is 14.2. The second-order valence-electron chi connectivity index (χ2n) is 4.22. The number of nitro groups is 1. The predicted molar refractivity (Wildman–Crippen MR) is 59.4 cm³/mol. The first kappa shape index (κ1) is 10.3. The molecule has 0 amide bonds. The van der Waals surface area contributed by atoms with E-state index in [1.807, 2.05) is 6.07 Å². The Morgan fingerprint density at radius 1 is 1.41 bits per heavy atom. The van der Waals surface area contributed by atoms with Crippen molar-refractivity contribution >= 4 is 5.69 Å². The van der Waals surface area contributed by atoms with Crippen LogP contribution in [-0.4, -0.2) is 24.8 Å². The highest BCUT2D eigenvalue weighted by atomic mass is 16.7. The molecule has 1 N–H and O–H groups in total. The van der Waals surface area contributed by atoms with Gasteiger partial charge in [-0.05, 0) is 30.5 Å². The molecular formula is C11H12N2O4. The summed E-state index contributed by atoms with van der Waals surface area (Å²) in [7, 11) is 0. The van der Waals surface area contributed by atoms with Crippen LogP contribution in [-0.2, 0) is 0 Å². The minimum Gasteiger partial charge on any atom is -0.453 e. The van der Waals surface area contributed by atoms with E-state index in [4.69, 9.17) is 9.47 Å². The second kappa shape index (κ2) is 3.89. The van der Waals surface area contributed by atoms with Crippen LogP contribution in [0.3, 0.4) is 0 Å². The molecule has 0 bridgehead atoms. The SMILES string of the molecule is O=[N+]([O-])c1cc(C2CCNC2)cc2c1OCO2. The normalized spacial score (nSPS) is 21.8. The maximum atomic E-state index is 11.0. The molecular weight excluding hydrogens is 224 g/mol. The molecule has 17 heavy (non-hydrogen) atoms. The Balaban J connectivity index is 2.05. The third kappa shape index (κ3) is 1.70. The molecule has 1 unspecified atom stereocenters. The summed E-state index contributed by atoms with van der Waals surface area (Å²) in [6, 6.07) is 3.46. The van der Waals surface area contributed by atoms with Crippen LogP contribution in [0, 0.1) is 10.1 Å². The van der Waals surface area contributed by atoms with Gasteiger partial charge < -0.3 is 14.8 Å². The smallest absolute Gasteiger partial charge is 0.315 e. The van der Waals surface area contributed by atoms with Crippen molar-refractivity contribution in [2.75, 3.05) is 19.9 Å². The third-order valence-corrected chi connectivity index (χ3v) is 3.20. The first-order valence-corrected chi connectivity index (χ1v) is 5.54. The van der Waals surface area contributed by atoms with E-state index in [1.165, 1.54) is 0 Å². The lowest BCUT2D eigenvalue weighted by Gasteiger charge is -2.09. The molecule has 1 atom stereocenters. The van der Waals surface area contributed by atoms with Crippen molar-refractivity contribution in [2.24, 2.45) is 0 Å². The fraction of sp³-hybridized carbons (Fsp3) is 0.455. The van der Waals surface area contributed by atoms with E-state index in [2.05, 4.69) is 5.32 Å². The van der Waals surface area contributed by atoms with Crippen molar-refractivity contribution in [1.29, 1.82) is 0 Å². The molecule has 2 aliphatic heterocycles. The Hall–Kier alpha value is -1.82. The first-order chi connectivity index (χ1) is 8.25. The molecule has 0 radical (unpaired) electrons. The van der Waals surface area contributed by atoms with Crippen LogP contribution >= 0.6 is 0 Å². The molecule has 6 nitrogen and oxygen atoms in total. The van der Waals surface area contributed by atoms with E-state index in [0.717, 1.165) is 25.1 Å². The average Bonchev–Trinajstić information content (AvgIpc) is 2.98. The molecule has 0 saturated carbocycles. The standard InChI is InChI=1S/C11H12N2O4/c14-13(15)9-3-8(7-1-2-12-5-7)4-10-11(9)17-6-16-10/h3-4,7,12H,1-2,5-6H2. The zero-order valence-electron chi connectivity index (χ0n) is 9.14. The van der Waals surface area contributed by atoms with Gasteiger partial charge in [0.15, 0.2) is 5.75 Å². The number of nitrogens with one attached hydrogen (secondary N) is 1. The number of fused-ring (bicyclic) bond motifs is 1. The topological polar surface area (TPSA) is 73.6 Å². The van der Waals surface area contributed by atoms with Gasteiger partial charge in [0, 0.05) is 12.6 Å². The van der Waals surface area contributed by atoms with Gasteiger partial charge in [0.25, 0.3) is 0 Å². The van der Waals surface area contributed by atoms with Gasteiger partial charge in [-0.2, -0.15) is 0 Å². The summed E-state index contributed by atoms with van der Waals surface area (Å²) in [6.45, 7) is 1.87. The highest BCUT2D eigenvalue weighted by molar-refractivity contribution is 5.59. The largest absolute Gasteiger partial charge is 0.453 e. The molecule has 2 aliphatic rings. The molecule has 1 fully saturated rings. The number of hydrogen-bond acceptors (Lipinski definition) is 5. The van der Waals surface area contributed by atoms with Gasteiger partial charge in [0.1, 0.15) is 0 Å². The summed E-state index contributed by atoms with van der Waals surface area (Å²) >= 11 is 0. The Bertz CT molecular complexity index is 469. The minimum absolute atomic E-state index is 0.00176. The Kier molecular flexibility index (Phi) is 2.36. The second-order valence-corrected chi connectivity index (χ2v) is 4.22. The average molecular weight is 236 g/mol. The zero-order chi connectivity index (χ0) is 11.8. The van der Waals surface area contributed by atoms with E-state index < -0.39 is 4.92 Å². The lowest BCUT2D eigenvalue weighted by molar-refractivity contribution is -0.385. The first-order valence-electron chi connectivity index (χ1n) is 5.54.